The van der Waals surface area contributed by atoms with Gasteiger partial charge in [0.25, 0.3) is 0 Å². The van der Waals surface area contributed by atoms with Gasteiger partial charge in [-0.1, -0.05) is 0 Å². The van der Waals surface area contributed by atoms with Crippen LogP contribution in [0, 0.1) is 0 Å². The average molecular weight is 294 g/mol. The lowest BCUT2D eigenvalue weighted by molar-refractivity contribution is 0.0599. The summed E-state index contributed by atoms with van der Waals surface area (Å²) in [4.78, 5) is 18.6. The molecule has 3 heterocycles. The number of carbonyl (C=O) groups excluding carboxylic acids is 1. The summed E-state index contributed by atoms with van der Waals surface area (Å²) in [5.41, 5.74) is 2.30. The first-order chi connectivity index (χ1) is 10.2. The number of aromatic nitrogens is 1. The van der Waals surface area contributed by atoms with Crippen molar-refractivity contribution in [3.05, 3.63) is 22.9 Å². The normalized spacial score (nSPS) is 21.8. The summed E-state index contributed by atoms with van der Waals surface area (Å²) < 4.78 is 23.8. The molecule has 0 aliphatic carbocycles. The molecule has 1 aromatic heterocycles. The first kappa shape index (κ1) is 14.3. The van der Waals surface area contributed by atoms with E-state index in [1.807, 2.05) is 4.90 Å². The van der Waals surface area contributed by atoms with Crippen molar-refractivity contribution >= 4 is 11.8 Å². The Morgan fingerprint density at radius 3 is 3.00 bits per heavy atom. The second-order valence-electron chi connectivity index (χ2n) is 5.39. The number of nitrogens with zero attached hydrogens (tertiary/aromatic N) is 2. The van der Waals surface area contributed by atoms with Crippen molar-refractivity contribution in [3.8, 4) is 0 Å². The number of rotatable bonds is 2. The van der Waals surface area contributed by atoms with Crippen molar-refractivity contribution in [2.24, 2.45) is 0 Å². The van der Waals surface area contributed by atoms with E-state index >= 15 is 0 Å². The van der Waals surface area contributed by atoms with E-state index in [4.69, 9.17) is 9.47 Å². The summed E-state index contributed by atoms with van der Waals surface area (Å²) in [5.74, 6) is 0.295. The van der Waals surface area contributed by atoms with E-state index in [1.165, 1.54) is 7.11 Å². The lowest BCUT2D eigenvalue weighted by Crippen LogP contribution is -2.23. The van der Waals surface area contributed by atoms with Crippen LogP contribution in [0.2, 0.25) is 0 Å². The molecule has 1 fully saturated rings. The number of halogens is 1. The Bertz CT molecular complexity index is 550. The highest BCUT2D eigenvalue weighted by Crippen LogP contribution is 2.26. The smallest absolute Gasteiger partial charge is 0.338 e. The van der Waals surface area contributed by atoms with Crippen LogP contribution in [0.5, 0.6) is 0 Å². The number of ether oxygens (including phenoxy) is 2. The minimum Gasteiger partial charge on any atom is -0.465 e. The molecule has 6 heteroatoms. The predicted molar refractivity (Wildman–Crippen MR) is 75.5 cm³/mol. The van der Waals surface area contributed by atoms with Crippen LogP contribution in [0.3, 0.4) is 0 Å². The fourth-order valence-corrected chi connectivity index (χ4v) is 2.92. The molecule has 0 radical (unpaired) electrons. The fourth-order valence-electron chi connectivity index (χ4n) is 2.92. The number of carbonyl (C=O) groups is 1. The van der Waals surface area contributed by atoms with Gasteiger partial charge in [0.2, 0.25) is 0 Å². The number of pyridine rings is 1. The van der Waals surface area contributed by atoms with Gasteiger partial charge < -0.3 is 14.4 Å². The highest BCUT2D eigenvalue weighted by Gasteiger charge is 2.26. The Hall–Kier alpha value is -1.69. The number of methoxy groups -OCH3 is 1. The molecular weight excluding hydrogens is 275 g/mol. The molecule has 5 nitrogen and oxygen atoms in total. The van der Waals surface area contributed by atoms with Crippen LogP contribution >= 0.6 is 0 Å². The quantitative estimate of drug-likeness (QED) is 0.774. The molecule has 1 saturated heterocycles. The standard InChI is InChI=1S/C15H19FN2O3/c1-20-15(19)12-8-14(18-5-2-10(16)9-18)17-13-4-7-21-6-3-11(12)13/h8,10H,2-7,9H2,1H3/t10-/m0/s1. The SMILES string of the molecule is COC(=O)c1cc(N2CC[C@H](F)C2)nc2c1CCOCC2. The zero-order valence-electron chi connectivity index (χ0n) is 12.1. The van der Waals surface area contributed by atoms with Crippen molar-refractivity contribution < 1.29 is 18.7 Å². The first-order valence-corrected chi connectivity index (χ1v) is 7.27. The van der Waals surface area contributed by atoms with Crippen LogP contribution in [0.4, 0.5) is 10.2 Å². The minimum atomic E-state index is -0.824. The second-order valence-corrected chi connectivity index (χ2v) is 5.39. The molecule has 1 aromatic rings. The van der Waals surface area contributed by atoms with Crippen molar-refractivity contribution in [2.45, 2.75) is 25.4 Å². The number of hydrogen-bond donors (Lipinski definition) is 0. The molecule has 0 spiro atoms. The predicted octanol–water partition coefficient (Wildman–Crippen LogP) is 1.53. The fraction of sp³-hybridized carbons (Fsp3) is 0.600. The first-order valence-electron chi connectivity index (χ1n) is 7.27. The molecule has 3 rings (SSSR count). The van der Waals surface area contributed by atoms with E-state index in [2.05, 4.69) is 4.98 Å². The summed E-state index contributed by atoms with van der Waals surface area (Å²) in [6.07, 6.45) is 1.00. The summed E-state index contributed by atoms with van der Waals surface area (Å²) in [5, 5.41) is 0. The Balaban J connectivity index is 2.02. The molecule has 0 saturated carbocycles. The number of alkyl halides is 1. The third kappa shape index (κ3) is 2.85. The maximum absolute atomic E-state index is 13.4. The number of hydrogen-bond acceptors (Lipinski definition) is 5. The summed E-state index contributed by atoms with van der Waals surface area (Å²) >= 11 is 0. The van der Waals surface area contributed by atoms with Crippen LogP contribution in [-0.2, 0) is 22.3 Å². The van der Waals surface area contributed by atoms with Gasteiger partial charge in [-0.25, -0.2) is 14.2 Å². The molecule has 2 aliphatic heterocycles. The highest BCUT2D eigenvalue weighted by atomic mass is 19.1. The van der Waals surface area contributed by atoms with Gasteiger partial charge in [-0.15, -0.1) is 0 Å². The molecule has 21 heavy (non-hydrogen) atoms. The van der Waals surface area contributed by atoms with Gasteiger partial charge in [0, 0.05) is 18.7 Å². The van der Waals surface area contributed by atoms with Crippen LogP contribution in [-0.4, -0.2) is 50.5 Å². The molecular formula is C15H19FN2O3. The van der Waals surface area contributed by atoms with Gasteiger partial charge in [-0.3, -0.25) is 0 Å². The van der Waals surface area contributed by atoms with Crippen LogP contribution in [0.1, 0.15) is 28.0 Å². The van der Waals surface area contributed by atoms with Gasteiger partial charge >= 0.3 is 5.97 Å². The molecule has 0 N–H and O–H groups in total. The monoisotopic (exact) mass is 294 g/mol. The second kappa shape index (κ2) is 5.97. The van der Waals surface area contributed by atoms with Crippen molar-refractivity contribution in [1.29, 1.82) is 0 Å². The zero-order valence-corrected chi connectivity index (χ0v) is 12.1. The van der Waals surface area contributed by atoms with E-state index in [0.717, 1.165) is 11.3 Å². The third-order valence-corrected chi connectivity index (χ3v) is 4.04. The molecule has 1 atom stereocenters. The van der Waals surface area contributed by atoms with E-state index in [-0.39, 0.29) is 5.97 Å². The number of fused-ring (bicyclic) bond motifs is 1. The van der Waals surface area contributed by atoms with E-state index in [9.17, 15) is 9.18 Å². The average Bonchev–Trinajstić information content (AvgIpc) is 2.79. The molecule has 0 bridgehead atoms. The summed E-state index contributed by atoms with van der Waals surface area (Å²) in [6.45, 7) is 2.14. The van der Waals surface area contributed by atoms with Gasteiger partial charge in [0.15, 0.2) is 0 Å². The Kier molecular flexibility index (Phi) is 4.05. The molecule has 114 valence electrons. The maximum atomic E-state index is 13.4. The number of esters is 1. The van der Waals surface area contributed by atoms with Crippen molar-refractivity contribution in [3.63, 3.8) is 0 Å². The van der Waals surface area contributed by atoms with Gasteiger partial charge in [-0.2, -0.15) is 0 Å². The molecule has 2 aliphatic rings. The van der Waals surface area contributed by atoms with E-state index in [1.54, 1.807) is 6.07 Å². The van der Waals surface area contributed by atoms with Gasteiger partial charge in [-0.05, 0) is 24.5 Å². The minimum absolute atomic E-state index is 0.336. The van der Waals surface area contributed by atoms with Gasteiger partial charge in [0.1, 0.15) is 12.0 Å². The molecule has 0 amide bonds. The topological polar surface area (TPSA) is 51.7 Å². The largest absolute Gasteiger partial charge is 0.465 e. The van der Waals surface area contributed by atoms with Crippen molar-refractivity contribution in [1.82, 2.24) is 4.98 Å². The molecule has 0 unspecified atom stereocenters. The Morgan fingerprint density at radius 2 is 2.29 bits per heavy atom. The highest BCUT2D eigenvalue weighted by molar-refractivity contribution is 5.92. The van der Waals surface area contributed by atoms with Crippen LogP contribution in [0.15, 0.2) is 6.07 Å². The Labute approximate surface area is 123 Å². The zero-order chi connectivity index (χ0) is 14.8. The lowest BCUT2D eigenvalue weighted by Gasteiger charge is -2.20. The Morgan fingerprint density at radius 1 is 1.48 bits per heavy atom. The van der Waals surface area contributed by atoms with Crippen molar-refractivity contribution in [2.75, 3.05) is 38.3 Å². The van der Waals surface area contributed by atoms with E-state index in [0.29, 0.717) is 56.9 Å². The summed E-state index contributed by atoms with van der Waals surface area (Å²) in [7, 11) is 1.37. The maximum Gasteiger partial charge on any atom is 0.338 e. The van der Waals surface area contributed by atoms with E-state index < -0.39 is 6.17 Å². The molecule has 0 aromatic carbocycles. The number of anilines is 1. The van der Waals surface area contributed by atoms with Crippen LogP contribution in [0.25, 0.3) is 0 Å². The van der Waals surface area contributed by atoms with Gasteiger partial charge in [0.05, 0.1) is 32.4 Å². The third-order valence-electron chi connectivity index (χ3n) is 4.04. The summed E-state index contributed by atoms with van der Waals surface area (Å²) in [6, 6.07) is 1.73. The van der Waals surface area contributed by atoms with Crippen LogP contribution < -0.4 is 4.90 Å². The lowest BCUT2D eigenvalue weighted by atomic mass is 10.0.